The molecular formula is C7H6I2N2S. The van der Waals surface area contributed by atoms with Crippen LogP contribution in [0.1, 0.15) is 0 Å². The number of benzene rings is 1. The summed E-state index contributed by atoms with van der Waals surface area (Å²) in [7, 11) is 0. The molecule has 3 N–H and O–H groups in total. The topological polar surface area (TPSA) is 38.0 Å². The van der Waals surface area contributed by atoms with Gasteiger partial charge in [0.05, 0.1) is 0 Å². The van der Waals surface area contributed by atoms with E-state index < -0.39 is 0 Å². The highest BCUT2D eigenvalue weighted by molar-refractivity contribution is 14.1. The number of halogens is 2. The van der Waals surface area contributed by atoms with Crippen LogP contribution in [0.25, 0.3) is 0 Å². The third kappa shape index (κ3) is 3.02. The first kappa shape index (κ1) is 10.5. The predicted octanol–water partition coefficient (Wildman–Crippen LogP) is 2.55. The van der Waals surface area contributed by atoms with Crippen molar-refractivity contribution in [3.8, 4) is 0 Å². The molecule has 0 saturated heterocycles. The molecular weight excluding hydrogens is 398 g/mol. The molecule has 0 aliphatic heterocycles. The summed E-state index contributed by atoms with van der Waals surface area (Å²) in [5, 5.41) is 3.17. The summed E-state index contributed by atoms with van der Waals surface area (Å²) in [6, 6.07) is 5.97. The number of rotatable bonds is 1. The largest absolute Gasteiger partial charge is 0.376 e. The van der Waals surface area contributed by atoms with Crippen LogP contribution in [0.5, 0.6) is 0 Å². The van der Waals surface area contributed by atoms with Gasteiger partial charge in [-0.2, -0.15) is 0 Å². The Kier molecular flexibility index (Phi) is 3.97. The second-order valence-corrected chi connectivity index (χ2v) is 4.88. The molecule has 0 spiro atoms. The highest BCUT2D eigenvalue weighted by Crippen LogP contribution is 2.19. The number of nitrogens with two attached hydrogens (primary N) is 1. The van der Waals surface area contributed by atoms with Gasteiger partial charge in [0, 0.05) is 12.8 Å². The number of nitrogens with one attached hydrogen (secondary N) is 1. The van der Waals surface area contributed by atoms with Crippen molar-refractivity contribution in [1.29, 1.82) is 0 Å². The standard InChI is InChI=1S/C7H6I2N2S/c8-5-2-1-4(3-6(5)9)11-7(10)12/h1-3H,(H3,10,11,12). The van der Waals surface area contributed by atoms with Crippen molar-refractivity contribution in [2.75, 3.05) is 5.32 Å². The molecule has 0 aromatic heterocycles. The highest BCUT2D eigenvalue weighted by Gasteiger charge is 1.97. The number of anilines is 1. The first-order valence-corrected chi connectivity index (χ1v) is 5.67. The second-order valence-electron chi connectivity index (χ2n) is 2.12. The van der Waals surface area contributed by atoms with Gasteiger partial charge >= 0.3 is 0 Å². The first-order valence-electron chi connectivity index (χ1n) is 3.11. The van der Waals surface area contributed by atoms with Gasteiger partial charge in [-0.05, 0) is 75.6 Å². The van der Waals surface area contributed by atoms with Crippen LogP contribution < -0.4 is 11.1 Å². The minimum atomic E-state index is 0.298. The number of hydrogen-bond donors (Lipinski definition) is 2. The van der Waals surface area contributed by atoms with Gasteiger partial charge in [-0.25, -0.2) is 0 Å². The van der Waals surface area contributed by atoms with Gasteiger partial charge in [-0.15, -0.1) is 0 Å². The van der Waals surface area contributed by atoms with Gasteiger partial charge in [-0.1, -0.05) is 0 Å². The second kappa shape index (κ2) is 4.56. The molecule has 12 heavy (non-hydrogen) atoms. The van der Waals surface area contributed by atoms with Gasteiger partial charge in [0.25, 0.3) is 0 Å². The van der Waals surface area contributed by atoms with Gasteiger partial charge in [-0.3, -0.25) is 0 Å². The molecule has 1 aromatic rings. The van der Waals surface area contributed by atoms with Crippen LogP contribution in [0.15, 0.2) is 18.2 Å². The highest BCUT2D eigenvalue weighted by atomic mass is 127. The molecule has 0 unspecified atom stereocenters. The fourth-order valence-corrected chi connectivity index (χ4v) is 1.68. The van der Waals surface area contributed by atoms with Crippen LogP contribution >= 0.6 is 57.4 Å². The lowest BCUT2D eigenvalue weighted by Crippen LogP contribution is -2.18. The average molecular weight is 404 g/mol. The van der Waals surface area contributed by atoms with E-state index in [0.717, 1.165) is 5.69 Å². The Balaban J connectivity index is 2.89. The van der Waals surface area contributed by atoms with Crippen molar-refractivity contribution in [3.63, 3.8) is 0 Å². The van der Waals surface area contributed by atoms with Crippen LogP contribution in [0, 0.1) is 7.14 Å². The molecule has 0 aliphatic carbocycles. The molecule has 0 bridgehead atoms. The third-order valence-electron chi connectivity index (χ3n) is 1.19. The Morgan fingerprint density at radius 3 is 2.50 bits per heavy atom. The molecule has 0 aliphatic rings. The van der Waals surface area contributed by atoms with Crippen LogP contribution in [0.3, 0.4) is 0 Å². The van der Waals surface area contributed by atoms with Crippen molar-refractivity contribution in [3.05, 3.63) is 25.3 Å². The van der Waals surface area contributed by atoms with Crippen molar-refractivity contribution >= 4 is 68.2 Å². The maximum Gasteiger partial charge on any atom is 0.168 e. The van der Waals surface area contributed by atoms with E-state index in [1.54, 1.807) is 0 Å². The molecule has 2 nitrogen and oxygen atoms in total. The summed E-state index contributed by atoms with van der Waals surface area (Å²) in [4.78, 5) is 0. The average Bonchev–Trinajstić information content (AvgIpc) is 1.96. The molecule has 0 saturated carbocycles. The van der Waals surface area contributed by atoms with Gasteiger partial charge in [0.2, 0.25) is 0 Å². The molecule has 0 heterocycles. The number of hydrogen-bond acceptors (Lipinski definition) is 1. The van der Waals surface area contributed by atoms with E-state index in [-0.39, 0.29) is 0 Å². The third-order valence-corrected chi connectivity index (χ3v) is 4.15. The Morgan fingerprint density at radius 2 is 2.00 bits per heavy atom. The Morgan fingerprint density at radius 1 is 1.33 bits per heavy atom. The molecule has 0 amide bonds. The quantitative estimate of drug-likeness (QED) is 0.559. The lowest BCUT2D eigenvalue weighted by Gasteiger charge is -2.04. The SMILES string of the molecule is NC(=S)Nc1ccc(I)c(I)c1. The zero-order chi connectivity index (χ0) is 9.14. The molecule has 0 fully saturated rings. The lowest BCUT2D eigenvalue weighted by molar-refractivity contribution is 1.54. The Hall–Kier alpha value is 0.370. The van der Waals surface area contributed by atoms with Crippen LogP contribution in [-0.4, -0.2) is 5.11 Å². The zero-order valence-electron chi connectivity index (χ0n) is 5.97. The lowest BCUT2D eigenvalue weighted by atomic mass is 10.3. The van der Waals surface area contributed by atoms with E-state index in [1.807, 2.05) is 18.2 Å². The summed E-state index contributed by atoms with van der Waals surface area (Å²) in [6.07, 6.45) is 0. The summed E-state index contributed by atoms with van der Waals surface area (Å²) >= 11 is 9.26. The minimum absolute atomic E-state index is 0.298. The maximum atomic E-state index is 5.33. The van der Waals surface area contributed by atoms with E-state index in [2.05, 4.69) is 50.5 Å². The van der Waals surface area contributed by atoms with Crippen molar-refractivity contribution in [1.82, 2.24) is 0 Å². The summed E-state index contributed by atoms with van der Waals surface area (Å²) in [5.74, 6) is 0. The number of thiocarbonyl (C=S) groups is 1. The monoisotopic (exact) mass is 404 g/mol. The zero-order valence-corrected chi connectivity index (χ0v) is 11.1. The fourth-order valence-electron chi connectivity index (χ4n) is 0.716. The van der Waals surface area contributed by atoms with Crippen molar-refractivity contribution in [2.45, 2.75) is 0 Å². The molecule has 1 rings (SSSR count). The normalized spacial score (nSPS) is 9.50. The molecule has 64 valence electrons. The van der Waals surface area contributed by atoms with Crippen molar-refractivity contribution < 1.29 is 0 Å². The molecule has 0 radical (unpaired) electrons. The van der Waals surface area contributed by atoms with Crippen LogP contribution in [0.4, 0.5) is 5.69 Å². The van der Waals surface area contributed by atoms with E-state index in [4.69, 9.17) is 18.0 Å². The van der Waals surface area contributed by atoms with Crippen LogP contribution in [-0.2, 0) is 0 Å². The van der Waals surface area contributed by atoms with Crippen LogP contribution in [0.2, 0.25) is 0 Å². The van der Waals surface area contributed by atoms with E-state index in [1.165, 1.54) is 7.14 Å². The summed E-state index contributed by atoms with van der Waals surface area (Å²) < 4.78 is 2.41. The summed E-state index contributed by atoms with van der Waals surface area (Å²) in [6.45, 7) is 0. The van der Waals surface area contributed by atoms with E-state index in [0.29, 0.717) is 5.11 Å². The summed E-state index contributed by atoms with van der Waals surface area (Å²) in [5.41, 5.74) is 6.27. The van der Waals surface area contributed by atoms with E-state index >= 15 is 0 Å². The Labute approximate surface area is 104 Å². The molecule has 0 atom stereocenters. The smallest absolute Gasteiger partial charge is 0.168 e. The van der Waals surface area contributed by atoms with E-state index in [9.17, 15) is 0 Å². The van der Waals surface area contributed by atoms with Crippen molar-refractivity contribution in [2.24, 2.45) is 5.73 Å². The first-order chi connectivity index (χ1) is 5.59. The predicted molar refractivity (Wildman–Crippen MR) is 72.3 cm³/mol. The van der Waals surface area contributed by atoms with Gasteiger partial charge in [0.15, 0.2) is 5.11 Å². The van der Waals surface area contributed by atoms with Gasteiger partial charge in [0.1, 0.15) is 0 Å². The molecule has 1 aromatic carbocycles. The molecule has 5 heteroatoms. The maximum absolute atomic E-state index is 5.33. The fraction of sp³-hybridized carbons (Fsp3) is 0. The van der Waals surface area contributed by atoms with Gasteiger partial charge < -0.3 is 11.1 Å². The Bertz CT molecular complexity index is 314. The minimum Gasteiger partial charge on any atom is -0.376 e.